The highest BCUT2D eigenvalue weighted by Crippen LogP contribution is 2.33. The number of imidazole rings is 1. The molecule has 8 heteroatoms. The van der Waals surface area contributed by atoms with Gasteiger partial charge in [0.2, 0.25) is 0 Å². The van der Waals surface area contributed by atoms with E-state index in [1.807, 2.05) is 12.3 Å². The molecule has 0 spiro atoms. The minimum Gasteiger partial charge on any atom is -0.491 e. The summed E-state index contributed by atoms with van der Waals surface area (Å²) in [6.45, 7) is 6.81. The molecule has 0 bridgehead atoms. The zero-order chi connectivity index (χ0) is 26.2. The van der Waals surface area contributed by atoms with Crippen LogP contribution in [-0.4, -0.2) is 63.3 Å². The van der Waals surface area contributed by atoms with Crippen molar-refractivity contribution >= 4 is 28.1 Å². The second kappa shape index (κ2) is 10.4. The average molecular weight is 535 g/mol. The van der Waals surface area contributed by atoms with Crippen LogP contribution in [0.25, 0.3) is 32.7 Å². The number of aromatic amines is 1. The molecular formula is C31H30N6OS. The third-order valence-electron chi connectivity index (χ3n) is 7.48. The van der Waals surface area contributed by atoms with Crippen LogP contribution in [0.2, 0.25) is 0 Å². The fourth-order valence-corrected chi connectivity index (χ4v) is 6.36. The first-order chi connectivity index (χ1) is 19.2. The molecule has 7 nitrogen and oxygen atoms in total. The molecule has 1 aromatic carbocycles. The van der Waals surface area contributed by atoms with E-state index in [9.17, 15) is 0 Å². The number of fused-ring (bicyclic) bond motifs is 2. The van der Waals surface area contributed by atoms with E-state index >= 15 is 0 Å². The van der Waals surface area contributed by atoms with Crippen molar-refractivity contribution in [3.05, 3.63) is 82.9 Å². The Morgan fingerprint density at radius 1 is 1.03 bits per heavy atom. The first kappa shape index (κ1) is 24.2. The number of hydrogen-bond acceptors (Lipinski definition) is 7. The highest BCUT2D eigenvalue weighted by molar-refractivity contribution is 7.15. The van der Waals surface area contributed by atoms with Gasteiger partial charge in [-0.05, 0) is 75.2 Å². The third-order valence-corrected chi connectivity index (χ3v) is 8.51. The van der Waals surface area contributed by atoms with Gasteiger partial charge in [0.05, 0.1) is 28.6 Å². The van der Waals surface area contributed by atoms with E-state index in [1.54, 1.807) is 17.5 Å². The van der Waals surface area contributed by atoms with Crippen LogP contribution in [0.15, 0.2) is 65.9 Å². The standard InChI is InChI=1S/C31H30N6OS/c1-20-7-10-27(39-20)24-5-4-6-26-29(24)36-31(35-26)30-28-21(11-12-33-30)8-9-25(34-28)22-17-23(19-32-18-22)38-16-15-37-13-2-3-14-37/h4-10,17-19H,2-3,11-16H2,1H3,(H,35,36). The predicted molar refractivity (Wildman–Crippen MR) is 157 cm³/mol. The number of likely N-dealkylation sites (tertiary alicyclic amines) is 1. The highest BCUT2D eigenvalue weighted by atomic mass is 32.1. The molecule has 1 N–H and O–H groups in total. The molecule has 5 aromatic rings. The van der Waals surface area contributed by atoms with Crippen molar-refractivity contribution in [3.63, 3.8) is 0 Å². The van der Waals surface area contributed by atoms with E-state index in [0.717, 1.165) is 70.3 Å². The summed E-state index contributed by atoms with van der Waals surface area (Å²) in [5.41, 5.74) is 7.77. The molecule has 196 valence electrons. The molecule has 4 aromatic heterocycles. The first-order valence-electron chi connectivity index (χ1n) is 13.6. The predicted octanol–water partition coefficient (Wildman–Crippen LogP) is 5.92. The van der Waals surface area contributed by atoms with Crippen molar-refractivity contribution in [2.24, 2.45) is 4.99 Å². The number of rotatable bonds is 7. The normalized spacial score (nSPS) is 15.5. The molecule has 0 radical (unpaired) electrons. The summed E-state index contributed by atoms with van der Waals surface area (Å²) in [4.78, 5) is 28.0. The molecule has 1 fully saturated rings. The van der Waals surface area contributed by atoms with Gasteiger partial charge < -0.3 is 9.72 Å². The largest absolute Gasteiger partial charge is 0.491 e. The number of thiophene rings is 1. The number of hydrogen-bond donors (Lipinski definition) is 1. The maximum absolute atomic E-state index is 6.05. The van der Waals surface area contributed by atoms with Crippen molar-refractivity contribution < 1.29 is 4.74 Å². The van der Waals surface area contributed by atoms with Crippen molar-refractivity contribution in [2.45, 2.75) is 26.2 Å². The van der Waals surface area contributed by atoms with Gasteiger partial charge in [-0.2, -0.15) is 0 Å². The third kappa shape index (κ3) is 4.86. The summed E-state index contributed by atoms with van der Waals surface area (Å²) >= 11 is 1.79. The Labute approximate surface area is 231 Å². The van der Waals surface area contributed by atoms with Crippen LogP contribution in [0.1, 0.15) is 34.8 Å². The Bertz CT molecular complexity index is 1680. The van der Waals surface area contributed by atoms with Gasteiger partial charge in [-0.15, -0.1) is 11.3 Å². The minimum absolute atomic E-state index is 0.665. The van der Waals surface area contributed by atoms with Crippen molar-refractivity contribution in [3.8, 4) is 27.4 Å². The van der Waals surface area contributed by atoms with E-state index in [2.05, 4.69) is 64.3 Å². The molecule has 7 rings (SSSR count). The van der Waals surface area contributed by atoms with Crippen LogP contribution in [0.5, 0.6) is 5.75 Å². The van der Waals surface area contributed by atoms with Crippen molar-refractivity contribution in [1.29, 1.82) is 0 Å². The molecule has 0 unspecified atom stereocenters. The quantitative estimate of drug-likeness (QED) is 0.280. The molecule has 0 amide bonds. The topological polar surface area (TPSA) is 79.3 Å². The number of nitrogens with one attached hydrogen (secondary N) is 1. The van der Waals surface area contributed by atoms with Gasteiger partial charge in [0, 0.05) is 40.2 Å². The molecule has 0 saturated carbocycles. The number of nitrogens with zero attached hydrogens (tertiary/aromatic N) is 5. The van der Waals surface area contributed by atoms with Crippen LogP contribution in [0.3, 0.4) is 0 Å². The Hall–Kier alpha value is -3.88. The number of pyridine rings is 2. The maximum Gasteiger partial charge on any atom is 0.159 e. The zero-order valence-corrected chi connectivity index (χ0v) is 22.8. The summed E-state index contributed by atoms with van der Waals surface area (Å²) in [6.07, 6.45) is 7.06. The second-order valence-corrected chi connectivity index (χ2v) is 11.5. The van der Waals surface area contributed by atoms with Crippen LogP contribution in [-0.2, 0) is 6.42 Å². The molecule has 2 aliphatic heterocycles. The zero-order valence-electron chi connectivity index (χ0n) is 22.0. The summed E-state index contributed by atoms with van der Waals surface area (Å²) in [6, 6.07) is 16.9. The molecule has 0 aliphatic carbocycles. The van der Waals surface area contributed by atoms with Crippen LogP contribution < -0.4 is 4.74 Å². The average Bonchev–Trinajstić information content (AvgIpc) is 3.74. The summed E-state index contributed by atoms with van der Waals surface area (Å²) < 4.78 is 6.05. The summed E-state index contributed by atoms with van der Waals surface area (Å²) in [7, 11) is 0. The lowest BCUT2D eigenvalue weighted by atomic mass is 10.0. The number of H-pyrrole nitrogens is 1. The van der Waals surface area contributed by atoms with Crippen molar-refractivity contribution in [2.75, 3.05) is 32.8 Å². The summed E-state index contributed by atoms with van der Waals surface area (Å²) in [5, 5.41) is 0. The van der Waals surface area contributed by atoms with Crippen LogP contribution >= 0.6 is 11.3 Å². The smallest absolute Gasteiger partial charge is 0.159 e. The van der Waals surface area contributed by atoms with E-state index < -0.39 is 0 Å². The fourth-order valence-electron chi connectivity index (χ4n) is 5.46. The van der Waals surface area contributed by atoms with Crippen LogP contribution in [0, 0.1) is 6.92 Å². The number of ether oxygens (including phenoxy) is 1. The highest BCUT2D eigenvalue weighted by Gasteiger charge is 2.22. The molecule has 6 heterocycles. The maximum atomic E-state index is 6.05. The monoisotopic (exact) mass is 534 g/mol. The minimum atomic E-state index is 0.665. The Morgan fingerprint density at radius 2 is 1.95 bits per heavy atom. The number of aromatic nitrogens is 4. The molecule has 2 aliphatic rings. The van der Waals surface area contributed by atoms with Gasteiger partial charge in [0.1, 0.15) is 18.1 Å². The summed E-state index contributed by atoms with van der Waals surface area (Å²) in [5.74, 6) is 1.53. The molecule has 0 atom stereocenters. The molecular weight excluding hydrogens is 504 g/mol. The van der Waals surface area contributed by atoms with Gasteiger partial charge in [-0.3, -0.25) is 14.9 Å². The van der Waals surface area contributed by atoms with Gasteiger partial charge in [0.15, 0.2) is 5.82 Å². The lowest BCUT2D eigenvalue weighted by Crippen LogP contribution is -2.25. The number of aliphatic imine (C=N–C) groups is 1. The SMILES string of the molecule is Cc1ccc(-c2cccc3[nH]c(C4=NCCc5ccc(-c6cncc(OCCN7CCCC7)c6)nc54)nc23)s1. The van der Waals surface area contributed by atoms with Crippen LogP contribution in [0.4, 0.5) is 0 Å². The first-order valence-corrected chi connectivity index (χ1v) is 14.4. The molecule has 39 heavy (non-hydrogen) atoms. The Morgan fingerprint density at radius 3 is 2.82 bits per heavy atom. The van der Waals surface area contributed by atoms with Gasteiger partial charge in [-0.25, -0.2) is 9.97 Å². The van der Waals surface area contributed by atoms with Crippen molar-refractivity contribution in [1.82, 2.24) is 24.8 Å². The van der Waals surface area contributed by atoms with E-state index in [1.165, 1.54) is 41.2 Å². The lowest BCUT2D eigenvalue weighted by Gasteiger charge is -2.16. The fraction of sp³-hybridized carbons (Fsp3) is 0.290. The number of para-hydroxylation sites is 1. The van der Waals surface area contributed by atoms with E-state index in [-0.39, 0.29) is 0 Å². The lowest BCUT2D eigenvalue weighted by molar-refractivity contribution is 0.237. The Kier molecular flexibility index (Phi) is 6.42. The van der Waals surface area contributed by atoms with E-state index in [0.29, 0.717) is 6.61 Å². The molecule has 1 saturated heterocycles. The second-order valence-electron chi connectivity index (χ2n) is 10.2. The number of benzene rings is 1. The Balaban J connectivity index is 1.18. The van der Waals surface area contributed by atoms with Gasteiger partial charge >= 0.3 is 0 Å². The van der Waals surface area contributed by atoms with Gasteiger partial charge in [-0.1, -0.05) is 18.2 Å². The number of aryl methyl sites for hydroxylation is 1. The van der Waals surface area contributed by atoms with E-state index in [4.69, 9.17) is 19.7 Å². The van der Waals surface area contributed by atoms with Gasteiger partial charge in [0.25, 0.3) is 0 Å².